The molecule has 5 heterocycles. The molecule has 0 aromatic carbocycles. The lowest BCUT2D eigenvalue weighted by Gasteiger charge is -2.53. The summed E-state index contributed by atoms with van der Waals surface area (Å²) in [5.74, 6) is 0.0166. The molecule has 4 saturated heterocycles. The third-order valence-electron chi connectivity index (χ3n) is 10.9. The van der Waals surface area contributed by atoms with Gasteiger partial charge in [-0.05, 0) is 62.6 Å². The standard InChI is InChI=1S/C26H33NO7/c1-13(2)24-19(33-24)20-26(34-20)23(3)7-6-14-15(12-30-21(14)29)16(23)10-17-25(26,32-17)22(24)31-18(28)11-27-8-4-5-9-27/h13,16-17,19-20,22H,4-12H2,1-3H3/t16-,17-,19-,20-,22+,23-,24-,25+,26+/m0/s1. The van der Waals surface area contributed by atoms with Crippen LogP contribution in [0, 0.1) is 17.3 Å². The molecule has 5 aliphatic heterocycles. The van der Waals surface area contributed by atoms with Crippen LogP contribution in [0.4, 0.5) is 0 Å². The maximum absolute atomic E-state index is 13.2. The molecular formula is C26H33NO7. The highest BCUT2D eigenvalue weighted by Crippen LogP contribution is 2.83. The molecule has 9 atom stereocenters. The number of fused-ring (bicyclic) bond motifs is 4. The van der Waals surface area contributed by atoms with E-state index in [4.69, 9.17) is 23.7 Å². The maximum atomic E-state index is 13.2. The molecule has 2 saturated carbocycles. The number of rotatable bonds is 4. The Hall–Kier alpha value is -1.48. The summed E-state index contributed by atoms with van der Waals surface area (Å²) in [6.07, 6.45) is 3.95. The molecule has 8 aliphatic rings. The molecule has 8 heteroatoms. The Morgan fingerprint density at radius 1 is 1.18 bits per heavy atom. The van der Waals surface area contributed by atoms with Crippen LogP contribution in [-0.4, -0.2) is 84.3 Å². The molecular weight excluding hydrogens is 438 g/mol. The average molecular weight is 472 g/mol. The van der Waals surface area contributed by atoms with Crippen molar-refractivity contribution in [3.8, 4) is 0 Å². The quantitative estimate of drug-likeness (QED) is 0.452. The number of ether oxygens (including phenoxy) is 5. The zero-order valence-corrected chi connectivity index (χ0v) is 20.1. The summed E-state index contributed by atoms with van der Waals surface area (Å²) in [4.78, 5) is 27.7. The number of carbonyl (C=O) groups excluding carboxylic acids is 2. The first-order valence-corrected chi connectivity index (χ1v) is 13.1. The molecule has 184 valence electrons. The van der Waals surface area contributed by atoms with Crippen molar-refractivity contribution in [2.45, 2.75) is 94.1 Å². The highest BCUT2D eigenvalue weighted by atomic mass is 16.8. The van der Waals surface area contributed by atoms with Crippen LogP contribution in [0.15, 0.2) is 11.1 Å². The molecule has 0 aromatic heterocycles. The number of hydrogen-bond donors (Lipinski definition) is 0. The Kier molecular flexibility index (Phi) is 3.70. The fraction of sp³-hybridized carbons (Fsp3) is 0.846. The zero-order valence-electron chi connectivity index (χ0n) is 20.1. The van der Waals surface area contributed by atoms with Crippen LogP contribution in [-0.2, 0) is 33.3 Å². The Morgan fingerprint density at radius 2 is 1.97 bits per heavy atom. The molecule has 0 N–H and O–H groups in total. The Balaban J connectivity index is 1.19. The Bertz CT molecular complexity index is 1050. The second-order valence-electron chi connectivity index (χ2n) is 12.4. The monoisotopic (exact) mass is 471 g/mol. The van der Waals surface area contributed by atoms with E-state index in [0.29, 0.717) is 19.6 Å². The number of nitrogens with zero attached hydrogens (tertiary/aromatic N) is 1. The number of esters is 2. The summed E-state index contributed by atoms with van der Waals surface area (Å²) >= 11 is 0. The van der Waals surface area contributed by atoms with E-state index in [1.807, 2.05) is 0 Å². The van der Waals surface area contributed by atoms with Crippen molar-refractivity contribution in [1.29, 1.82) is 0 Å². The van der Waals surface area contributed by atoms with E-state index >= 15 is 0 Å². The minimum absolute atomic E-state index is 0.0543. The van der Waals surface area contributed by atoms with Gasteiger partial charge < -0.3 is 23.7 Å². The molecule has 8 rings (SSSR count). The van der Waals surface area contributed by atoms with Crippen LogP contribution >= 0.6 is 0 Å². The SMILES string of the molecule is CC(C)[C@]12O[C@H]1[C@@H]1O[C@]13[C@]1(O[C@H]1C[C@H]1C4=C(CC[C@@]13C)C(=O)OC4)[C@@H]2OC(=O)CN1CCCC1. The van der Waals surface area contributed by atoms with Gasteiger partial charge in [0.15, 0.2) is 11.7 Å². The lowest BCUT2D eigenvalue weighted by atomic mass is 9.46. The molecule has 6 fully saturated rings. The van der Waals surface area contributed by atoms with Crippen molar-refractivity contribution in [2.24, 2.45) is 17.3 Å². The first-order chi connectivity index (χ1) is 16.3. The lowest BCUT2D eigenvalue weighted by Crippen LogP contribution is -2.70. The van der Waals surface area contributed by atoms with E-state index in [9.17, 15) is 9.59 Å². The van der Waals surface area contributed by atoms with Crippen LogP contribution in [0.5, 0.6) is 0 Å². The highest BCUT2D eigenvalue weighted by molar-refractivity contribution is 5.92. The van der Waals surface area contributed by atoms with Crippen LogP contribution < -0.4 is 0 Å². The minimum Gasteiger partial charge on any atom is -0.458 e. The van der Waals surface area contributed by atoms with Gasteiger partial charge in [-0.2, -0.15) is 0 Å². The van der Waals surface area contributed by atoms with Crippen molar-refractivity contribution < 1.29 is 33.3 Å². The zero-order chi connectivity index (χ0) is 23.3. The largest absolute Gasteiger partial charge is 0.458 e. The molecule has 0 unspecified atom stereocenters. The number of hydrogen-bond acceptors (Lipinski definition) is 8. The van der Waals surface area contributed by atoms with E-state index in [1.165, 1.54) is 0 Å². The first-order valence-electron chi connectivity index (χ1n) is 13.1. The van der Waals surface area contributed by atoms with Crippen LogP contribution in [0.25, 0.3) is 0 Å². The van der Waals surface area contributed by atoms with E-state index in [2.05, 4.69) is 25.7 Å². The van der Waals surface area contributed by atoms with Gasteiger partial charge in [0.05, 0.1) is 12.6 Å². The fourth-order valence-corrected chi connectivity index (χ4v) is 9.13. The van der Waals surface area contributed by atoms with E-state index in [0.717, 1.165) is 49.9 Å². The van der Waals surface area contributed by atoms with Crippen LogP contribution in [0.1, 0.15) is 52.9 Å². The van der Waals surface area contributed by atoms with Gasteiger partial charge in [0.1, 0.15) is 30.0 Å². The average Bonchev–Trinajstić information content (AvgIpc) is 3.72. The fourth-order valence-electron chi connectivity index (χ4n) is 9.13. The van der Waals surface area contributed by atoms with Crippen molar-refractivity contribution in [2.75, 3.05) is 26.2 Å². The van der Waals surface area contributed by atoms with Gasteiger partial charge >= 0.3 is 11.9 Å². The predicted octanol–water partition coefficient (Wildman–Crippen LogP) is 1.75. The molecule has 2 spiro atoms. The van der Waals surface area contributed by atoms with Gasteiger partial charge in [0.2, 0.25) is 0 Å². The van der Waals surface area contributed by atoms with Gasteiger partial charge in [0, 0.05) is 11.0 Å². The molecule has 0 bridgehead atoms. The lowest BCUT2D eigenvalue weighted by molar-refractivity contribution is -0.170. The smallest absolute Gasteiger partial charge is 0.334 e. The van der Waals surface area contributed by atoms with Crippen LogP contribution in [0.3, 0.4) is 0 Å². The van der Waals surface area contributed by atoms with Gasteiger partial charge in [-0.1, -0.05) is 20.8 Å². The third kappa shape index (κ3) is 2.06. The summed E-state index contributed by atoms with van der Waals surface area (Å²) < 4.78 is 31.7. The normalized spacial score (nSPS) is 53.8. The topological polar surface area (TPSA) is 93.4 Å². The molecule has 0 radical (unpaired) electrons. The summed E-state index contributed by atoms with van der Waals surface area (Å²) in [5.41, 5.74) is 0.0403. The maximum Gasteiger partial charge on any atom is 0.334 e. The molecule has 34 heavy (non-hydrogen) atoms. The molecule has 0 amide bonds. The third-order valence-corrected chi connectivity index (χ3v) is 10.9. The highest BCUT2D eigenvalue weighted by Gasteiger charge is 3.01. The molecule has 0 aromatic rings. The van der Waals surface area contributed by atoms with E-state index in [1.54, 1.807) is 0 Å². The van der Waals surface area contributed by atoms with E-state index < -0.39 is 22.9 Å². The van der Waals surface area contributed by atoms with Crippen molar-refractivity contribution in [1.82, 2.24) is 4.90 Å². The second-order valence-corrected chi connectivity index (χ2v) is 12.4. The predicted molar refractivity (Wildman–Crippen MR) is 117 cm³/mol. The summed E-state index contributed by atoms with van der Waals surface area (Å²) in [6.45, 7) is 9.21. The number of epoxide rings is 3. The summed E-state index contributed by atoms with van der Waals surface area (Å²) in [7, 11) is 0. The van der Waals surface area contributed by atoms with Gasteiger partial charge in [-0.25, -0.2) is 4.79 Å². The summed E-state index contributed by atoms with van der Waals surface area (Å²) in [5, 5.41) is 0. The van der Waals surface area contributed by atoms with Crippen molar-refractivity contribution >= 4 is 11.9 Å². The van der Waals surface area contributed by atoms with Crippen LogP contribution in [0.2, 0.25) is 0 Å². The van der Waals surface area contributed by atoms with E-state index in [-0.39, 0.29) is 47.5 Å². The van der Waals surface area contributed by atoms with Gasteiger partial charge in [-0.3, -0.25) is 9.69 Å². The number of likely N-dealkylation sites (tertiary alicyclic amines) is 1. The Labute approximate surface area is 199 Å². The summed E-state index contributed by atoms with van der Waals surface area (Å²) in [6, 6.07) is 0. The van der Waals surface area contributed by atoms with Gasteiger partial charge in [-0.15, -0.1) is 0 Å². The van der Waals surface area contributed by atoms with Crippen molar-refractivity contribution in [3.05, 3.63) is 11.1 Å². The number of carbonyl (C=O) groups is 2. The van der Waals surface area contributed by atoms with Gasteiger partial charge in [0.25, 0.3) is 0 Å². The van der Waals surface area contributed by atoms with Crippen molar-refractivity contribution in [3.63, 3.8) is 0 Å². The second kappa shape index (κ2) is 6.07. The Morgan fingerprint density at radius 3 is 2.74 bits per heavy atom. The molecule has 8 nitrogen and oxygen atoms in total. The number of cyclic esters (lactones) is 1. The first kappa shape index (κ1) is 20.7. The molecule has 3 aliphatic carbocycles. The minimum atomic E-state index is -0.664.